The molecule has 0 saturated heterocycles. The molecule has 0 radical (unpaired) electrons. The van der Waals surface area contributed by atoms with Gasteiger partial charge in [-0.2, -0.15) is 5.26 Å². The predicted molar refractivity (Wildman–Crippen MR) is 101 cm³/mol. The number of nitrogens with one attached hydrogen (secondary N) is 1. The maximum atomic E-state index is 12.2. The van der Waals surface area contributed by atoms with E-state index >= 15 is 0 Å². The third-order valence-corrected chi connectivity index (χ3v) is 4.55. The number of fused-ring (bicyclic) bond motifs is 1. The molecule has 0 fully saturated rings. The van der Waals surface area contributed by atoms with Gasteiger partial charge in [0.15, 0.2) is 11.2 Å². The second-order valence-corrected chi connectivity index (χ2v) is 6.48. The lowest BCUT2D eigenvalue weighted by atomic mass is 10.2. The van der Waals surface area contributed by atoms with Crippen LogP contribution in [0.1, 0.15) is 31.2 Å². The number of hydrogen-bond acceptors (Lipinski definition) is 5. The Morgan fingerprint density at radius 2 is 2.15 bits per heavy atom. The molecule has 0 spiro atoms. The van der Waals surface area contributed by atoms with Crippen LogP contribution in [0.15, 0.2) is 27.8 Å². The van der Waals surface area contributed by atoms with Crippen molar-refractivity contribution in [1.29, 1.82) is 5.26 Å². The lowest BCUT2D eigenvalue weighted by Crippen LogP contribution is -2.31. The second kappa shape index (κ2) is 7.68. The average molecular weight is 388 g/mol. The number of halogens is 1. The van der Waals surface area contributed by atoms with Crippen molar-refractivity contribution in [3.63, 3.8) is 0 Å². The van der Waals surface area contributed by atoms with Gasteiger partial charge in [0.25, 0.3) is 5.56 Å². The first-order chi connectivity index (χ1) is 13.0. The molecule has 0 bridgehead atoms. The van der Waals surface area contributed by atoms with Crippen LogP contribution in [0.3, 0.4) is 0 Å². The minimum Gasteiger partial charge on any atom is -0.484 e. The third-order valence-electron chi connectivity index (χ3n) is 4.26. The summed E-state index contributed by atoms with van der Waals surface area (Å²) >= 11 is 6.12. The van der Waals surface area contributed by atoms with Gasteiger partial charge in [-0.15, -0.1) is 0 Å². The number of rotatable bonds is 6. The Hall–Kier alpha value is -3.05. The molecule has 2 aromatic heterocycles. The maximum absolute atomic E-state index is 12.2. The van der Waals surface area contributed by atoms with E-state index in [0.717, 1.165) is 12.8 Å². The Kier molecular flexibility index (Phi) is 5.33. The van der Waals surface area contributed by atoms with Gasteiger partial charge in [-0.05, 0) is 24.6 Å². The molecule has 3 aromatic rings. The molecule has 8 nitrogen and oxygen atoms in total. The number of hydrogen-bond donors (Lipinski definition) is 1. The van der Waals surface area contributed by atoms with Gasteiger partial charge in [0.2, 0.25) is 0 Å². The number of aromatic nitrogens is 4. The van der Waals surface area contributed by atoms with Crippen LogP contribution >= 0.6 is 11.6 Å². The van der Waals surface area contributed by atoms with Crippen LogP contribution in [0.2, 0.25) is 5.02 Å². The molecular weight excluding hydrogens is 370 g/mol. The predicted octanol–water partition coefficient (Wildman–Crippen LogP) is 2.33. The number of aryl methyl sites for hydroxylation is 2. The number of nitrogens with zero attached hydrogens (tertiary/aromatic N) is 4. The summed E-state index contributed by atoms with van der Waals surface area (Å²) in [7, 11) is 1.69. The monoisotopic (exact) mass is 387 g/mol. The molecule has 27 heavy (non-hydrogen) atoms. The maximum Gasteiger partial charge on any atom is 0.330 e. The molecule has 0 amide bonds. The average Bonchev–Trinajstić information content (AvgIpc) is 2.97. The van der Waals surface area contributed by atoms with Gasteiger partial charge in [0.05, 0.1) is 16.7 Å². The number of benzene rings is 1. The van der Waals surface area contributed by atoms with E-state index in [0.29, 0.717) is 39.9 Å². The number of H-pyrrole nitrogens is 1. The summed E-state index contributed by atoms with van der Waals surface area (Å²) in [4.78, 5) is 31.2. The Balaban J connectivity index is 1.97. The van der Waals surface area contributed by atoms with Crippen LogP contribution in [0.25, 0.3) is 11.2 Å². The molecule has 1 N–H and O–H groups in total. The minimum atomic E-state index is -0.486. The third kappa shape index (κ3) is 3.59. The lowest BCUT2D eigenvalue weighted by molar-refractivity contribution is 0.292. The zero-order valence-electron chi connectivity index (χ0n) is 15.0. The van der Waals surface area contributed by atoms with E-state index in [9.17, 15) is 9.59 Å². The van der Waals surface area contributed by atoms with E-state index in [-0.39, 0.29) is 6.61 Å². The van der Waals surface area contributed by atoms with Crippen LogP contribution in [0.4, 0.5) is 0 Å². The Morgan fingerprint density at radius 1 is 1.37 bits per heavy atom. The molecule has 140 valence electrons. The van der Waals surface area contributed by atoms with E-state index in [4.69, 9.17) is 21.6 Å². The van der Waals surface area contributed by atoms with Crippen LogP contribution in [-0.2, 0) is 20.2 Å². The first-order valence-electron chi connectivity index (χ1n) is 8.47. The van der Waals surface area contributed by atoms with E-state index in [1.807, 2.05) is 13.0 Å². The highest BCUT2D eigenvalue weighted by Gasteiger charge is 2.17. The van der Waals surface area contributed by atoms with Crippen LogP contribution in [0.5, 0.6) is 5.75 Å². The van der Waals surface area contributed by atoms with Crippen molar-refractivity contribution in [2.75, 3.05) is 0 Å². The van der Waals surface area contributed by atoms with E-state index in [2.05, 4.69) is 9.97 Å². The molecule has 9 heteroatoms. The summed E-state index contributed by atoms with van der Waals surface area (Å²) in [6.45, 7) is 2.55. The van der Waals surface area contributed by atoms with Gasteiger partial charge in [-0.3, -0.25) is 14.3 Å². The normalized spacial score (nSPS) is 10.9. The van der Waals surface area contributed by atoms with Crippen molar-refractivity contribution in [2.24, 2.45) is 7.05 Å². The summed E-state index contributed by atoms with van der Waals surface area (Å²) in [6.07, 6.45) is 1.71. The molecule has 0 unspecified atom stereocenters. The molecule has 0 aliphatic heterocycles. The molecule has 0 atom stereocenters. The van der Waals surface area contributed by atoms with Crippen molar-refractivity contribution in [2.45, 2.75) is 32.9 Å². The number of unbranched alkanes of at least 4 members (excludes halogenated alkanes) is 1. The zero-order valence-corrected chi connectivity index (χ0v) is 15.7. The van der Waals surface area contributed by atoms with Crippen molar-refractivity contribution < 1.29 is 4.74 Å². The first kappa shape index (κ1) is 18.7. The minimum absolute atomic E-state index is 0.0538. The molecule has 3 rings (SSSR count). The number of nitriles is 1. The van der Waals surface area contributed by atoms with Crippen LogP contribution in [0, 0.1) is 11.3 Å². The Labute approximate surface area is 159 Å². The van der Waals surface area contributed by atoms with Gasteiger partial charge < -0.3 is 9.30 Å². The van der Waals surface area contributed by atoms with Crippen molar-refractivity contribution in [3.05, 3.63) is 55.4 Å². The van der Waals surface area contributed by atoms with Gasteiger partial charge in [0, 0.05) is 13.6 Å². The quantitative estimate of drug-likeness (QED) is 0.698. The zero-order chi connectivity index (χ0) is 19.6. The van der Waals surface area contributed by atoms with Crippen molar-refractivity contribution in [3.8, 4) is 11.8 Å². The molecule has 1 aromatic carbocycles. The molecular formula is C18H18ClN5O3. The highest BCUT2D eigenvalue weighted by atomic mass is 35.5. The smallest absolute Gasteiger partial charge is 0.330 e. The highest BCUT2D eigenvalue weighted by molar-refractivity contribution is 6.32. The first-order valence-corrected chi connectivity index (χ1v) is 8.85. The summed E-state index contributed by atoms with van der Waals surface area (Å²) in [5.74, 6) is 0.881. The van der Waals surface area contributed by atoms with Gasteiger partial charge in [-0.1, -0.05) is 24.9 Å². The highest BCUT2D eigenvalue weighted by Crippen LogP contribution is 2.26. The van der Waals surface area contributed by atoms with E-state index < -0.39 is 11.2 Å². The van der Waals surface area contributed by atoms with Gasteiger partial charge in [-0.25, -0.2) is 9.78 Å². The molecule has 0 saturated carbocycles. The van der Waals surface area contributed by atoms with Crippen molar-refractivity contribution >= 4 is 22.8 Å². The van der Waals surface area contributed by atoms with Gasteiger partial charge in [0.1, 0.15) is 18.2 Å². The molecule has 0 aliphatic rings. The van der Waals surface area contributed by atoms with E-state index in [1.165, 1.54) is 10.6 Å². The van der Waals surface area contributed by atoms with E-state index in [1.54, 1.807) is 23.7 Å². The summed E-state index contributed by atoms with van der Waals surface area (Å²) in [5, 5.41) is 9.20. The largest absolute Gasteiger partial charge is 0.484 e. The standard InChI is InChI=1S/C18H18ClN5O3/c1-3-4-7-24-16-15(17(25)22-18(24)26)23(2)14(21-16)10-27-13-6-5-11(9-20)8-12(13)19/h5-6,8H,3-4,7,10H2,1-2H3,(H,22,25,26). The van der Waals surface area contributed by atoms with Crippen molar-refractivity contribution in [1.82, 2.24) is 19.1 Å². The topological polar surface area (TPSA) is 106 Å². The summed E-state index contributed by atoms with van der Waals surface area (Å²) < 4.78 is 8.77. The lowest BCUT2D eigenvalue weighted by Gasteiger charge is -2.08. The van der Waals surface area contributed by atoms with Gasteiger partial charge >= 0.3 is 5.69 Å². The van der Waals surface area contributed by atoms with Crippen LogP contribution in [-0.4, -0.2) is 19.1 Å². The fourth-order valence-corrected chi connectivity index (χ4v) is 3.01. The summed E-state index contributed by atoms with van der Waals surface area (Å²) in [5.41, 5.74) is 0.128. The SMILES string of the molecule is CCCCn1c(=O)[nH]c(=O)c2c1nc(COc1ccc(C#N)cc1Cl)n2C. The number of aromatic amines is 1. The fraction of sp³-hybridized carbons (Fsp3) is 0.333. The number of imidazole rings is 1. The fourth-order valence-electron chi connectivity index (χ4n) is 2.77. The Morgan fingerprint density at radius 3 is 2.81 bits per heavy atom. The van der Waals surface area contributed by atoms with Crippen LogP contribution < -0.4 is 16.0 Å². The Bertz CT molecular complexity index is 1150. The molecule has 0 aliphatic carbocycles. The molecule has 2 heterocycles. The summed E-state index contributed by atoms with van der Waals surface area (Å²) in [6, 6.07) is 6.72. The number of ether oxygens (including phenoxy) is 1. The second-order valence-electron chi connectivity index (χ2n) is 6.07.